The standard InChI is InChI=1S/C16H40O4Si3/c1-11-15(12-2,21(5,6)17)19-22(7,8)16(13-3,14-4)20-23(9,10)18/h17-18H,11-14H2,1-10H3. The summed E-state index contributed by atoms with van der Waals surface area (Å²) in [4.78, 5) is 21.3. The van der Waals surface area contributed by atoms with Gasteiger partial charge in [0, 0.05) is 0 Å². The molecule has 0 saturated heterocycles. The minimum atomic E-state index is -2.68. The molecule has 0 bridgehead atoms. The minimum Gasteiger partial charge on any atom is -0.429 e. The summed E-state index contributed by atoms with van der Waals surface area (Å²) in [5.41, 5.74) is 0. The third-order valence-electron chi connectivity index (χ3n) is 5.39. The topological polar surface area (TPSA) is 58.9 Å². The molecule has 0 heterocycles. The Bertz CT molecular complexity index is 365. The van der Waals surface area contributed by atoms with Crippen LogP contribution in [0, 0.1) is 0 Å². The van der Waals surface area contributed by atoms with Crippen molar-refractivity contribution >= 4 is 25.2 Å². The van der Waals surface area contributed by atoms with Crippen LogP contribution in [0.3, 0.4) is 0 Å². The van der Waals surface area contributed by atoms with Crippen LogP contribution in [0.5, 0.6) is 0 Å². The molecular formula is C16H40O4Si3. The van der Waals surface area contributed by atoms with Gasteiger partial charge in [0.05, 0.1) is 10.4 Å². The van der Waals surface area contributed by atoms with E-state index in [-0.39, 0.29) is 0 Å². The molecule has 23 heavy (non-hydrogen) atoms. The van der Waals surface area contributed by atoms with Crippen molar-refractivity contribution in [3.8, 4) is 0 Å². The van der Waals surface area contributed by atoms with Crippen molar-refractivity contribution in [2.45, 2.75) is 103 Å². The average molecular weight is 381 g/mol. The van der Waals surface area contributed by atoms with E-state index in [0.717, 1.165) is 25.7 Å². The predicted octanol–water partition coefficient (Wildman–Crippen LogP) is 4.31. The Kier molecular flexibility index (Phi) is 7.97. The molecule has 0 aliphatic carbocycles. The Balaban J connectivity index is 5.89. The first-order valence-corrected chi connectivity index (χ1v) is 17.7. The van der Waals surface area contributed by atoms with E-state index in [1.807, 2.05) is 26.2 Å². The van der Waals surface area contributed by atoms with E-state index in [9.17, 15) is 9.59 Å². The molecule has 0 saturated carbocycles. The molecule has 0 rings (SSSR count). The molecule has 2 N–H and O–H groups in total. The summed E-state index contributed by atoms with van der Waals surface area (Å²) in [6.07, 6.45) is 3.24. The summed E-state index contributed by atoms with van der Waals surface area (Å²) in [6.45, 7) is 20.4. The van der Waals surface area contributed by atoms with Crippen LogP contribution >= 0.6 is 0 Å². The van der Waals surface area contributed by atoms with E-state index < -0.39 is 35.6 Å². The summed E-state index contributed by atoms with van der Waals surface area (Å²) >= 11 is 0. The van der Waals surface area contributed by atoms with Crippen molar-refractivity contribution in [1.29, 1.82) is 0 Å². The SMILES string of the molecule is CCC(CC)(O[Si](C)(C)C(CC)(CC)O[Si](C)(C)O)[Si](C)(C)O. The molecule has 140 valence electrons. The number of hydrogen-bond acceptors (Lipinski definition) is 4. The Hall–Kier alpha value is 0.491. The van der Waals surface area contributed by atoms with Gasteiger partial charge in [-0.25, -0.2) is 0 Å². The van der Waals surface area contributed by atoms with Gasteiger partial charge < -0.3 is 18.4 Å². The van der Waals surface area contributed by atoms with Crippen LogP contribution in [0.25, 0.3) is 0 Å². The van der Waals surface area contributed by atoms with E-state index in [1.54, 1.807) is 0 Å². The van der Waals surface area contributed by atoms with E-state index in [0.29, 0.717) is 0 Å². The summed E-state index contributed by atoms with van der Waals surface area (Å²) < 4.78 is 13.1. The zero-order valence-electron chi connectivity index (χ0n) is 17.0. The monoisotopic (exact) mass is 380 g/mol. The highest BCUT2D eigenvalue weighted by molar-refractivity contribution is 6.78. The summed E-state index contributed by atoms with van der Waals surface area (Å²) in [7, 11) is -7.54. The maximum Gasteiger partial charge on any atom is 0.329 e. The molecule has 0 fully saturated rings. The highest BCUT2D eigenvalue weighted by atomic mass is 28.4. The minimum absolute atomic E-state index is 0.424. The molecule has 7 heteroatoms. The van der Waals surface area contributed by atoms with E-state index in [2.05, 4.69) is 40.8 Å². The molecule has 0 aromatic rings. The molecule has 0 aromatic heterocycles. The molecule has 0 radical (unpaired) electrons. The predicted molar refractivity (Wildman–Crippen MR) is 106 cm³/mol. The molecular weight excluding hydrogens is 340 g/mol. The zero-order valence-corrected chi connectivity index (χ0v) is 20.0. The van der Waals surface area contributed by atoms with E-state index in [1.165, 1.54) is 0 Å². The fourth-order valence-electron chi connectivity index (χ4n) is 3.81. The third kappa shape index (κ3) is 5.23. The lowest BCUT2D eigenvalue weighted by Crippen LogP contribution is -2.68. The lowest BCUT2D eigenvalue weighted by atomic mass is 10.2. The Morgan fingerprint density at radius 2 is 1.00 bits per heavy atom. The second-order valence-electron chi connectivity index (χ2n) is 8.12. The van der Waals surface area contributed by atoms with E-state index >= 15 is 0 Å². The van der Waals surface area contributed by atoms with Gasteiger partial charge in [0.15, 0.2) is 0 Å². The van der Waals surface area contributed by atoms with Crippen molar-refractivity contribution in [3.05, 3.63) is 0 Å². The normalized spacial score (nSPS) is 15.1. The van der Waals surface area contributed by atoms with Gasteiger partial charge in [0.2, 0.25) is 16.6 Å². The van der Waals surface area contributed by atoms with Crippen molar-refractivity contribution in [2.75, 3.05) is 0 Å². The van der Waals surface area contributed by atoms with Crippen LogP contribution < -0.4 is 0 Å². The average Bonchev–Trinajstić information content (AvgIpc) is 2.39. The molecule has 0 aliphatic heterocycles. The molecule has 0 atom stereocenters. The first-order chi connectivity index (χ1) is 10.2. The van der Waals surface area contributed by atoms with Crippen molar-refractivity contribution in [2.24, 2.45) is 0 Å². The first-order valence-electron chi connectivity index (χ1n) is 9.01. The maximum absolute atomic E-state index is 10.9. The largest absolute Gasteiger partial charge is 0.429 e. The molecule has 0 unspecified atom stereocenters. The first kappa shape index (κ1) is 23.5. The Morgan fingerprint density at radius 1 is 0.652 bits per heavy atom. The van der Waals surface area contributed by atoms with Crippen LogP contribution in [0.4, 0.5) is 0 Å². The second kappa shape index (κ2) is 7.80. The van der Waals surface area contributed by atoms with Gasteiger partial charge in [0.1, 0.15) is 0 Å². The van der Waals surface area contributed by atoms with Gasteiger partial charge in [-0.2, -0.15) is 0 Å². The Morgan fingerprint density at radius 3 is 1.22 bits per heavy atom. The van der Waals surface area contributed by atoms with Crippen molar-refractivity contribution in [3.63, 3.8) is 0 Å². The maximum atomic E-state index is 10.9. The summed E-state index contributed by atoms with van der Waals surface area (Å²) in [5, 5.41) is -0.879. The van der Waals surface area contributed by atoms with Gasteiger partial charge in [-0.05, 0) is 65.0 Å². The van der Waals surface area contributed by atoms with Crippen LogP contribution in [-0.4, -0.2) is 45.2 Å². The van der Waals surface area contributed by atoms with Gasteiger partial charge >= 0.3 is 8.56 Å². The van der Waals surface area contributed by atoms with Gasteiger partial charge in [-0.15, -0.1) is 0 Å². The van der Waals surface area contributed by atoms with Crippen molar-refractivity contribution < 1.29 is 18.4 Å². The fraction of sp³-hybridized carbons (Fsp3) is 1.00. The fourth-order valence-corrected chi connectivity index (χ4v) is 13.4. The van der Waals surface area contributed by atoms with Gasteiger partial charge in [-0.1, -0.05) is 27.7 Å². The summed E-state index contributed by atoms with van der Waals surface area (Å²) in [5.74, 6) is 0. The van der Waals surface area contributed by atoms with E-state index in [4.69, 9.17) is 8.85 Å². The van der Waals surface area contributed by atoms with Gasteiger partial charge in [0.25, 0.3) is 0 Å². The molecule has 0 spiro atoms. The Labute approximate surface area is 147 Å². The van der Waals surface area contributed by atoms with Crippen LogP contribution in [0.2, 0.25) is 39.3 Å². The smallest absolute Gasteiger partial charge is 0.329 e. The number of hydrogen-bond donors (Lipinski definition) is 2. The molecule has 0 aromatic carbocycles. The van der Waals surface area contributed by atoms with Crippen LogP contribution in [-0.2, 0) is 8.85 Å². The van der Waals surface area contributed by atoms with Gasteiger partial charge in [-0.3, -0.25) is 0 Å². The molecule has 4 nitrogen and oxygen atoms in total. The molecule has 0 aliphatic rings. The number of rotatable bonds is 10. The second-order valence-corrected chi connectivity index (χ2v) is 19.4. The van der Waals surface area contributed by atoms with Crippen molar-refractivity contribution in [1.82, 2.24) is 0 Å². The summed E-state index contributed by atoms with van der Waals surface area (Å²) in [6, 6.07) is 0. The zero-order chi connectivity index (χ0) is 18.7. The quantitative estimate of drug-likeness (QED) is 0.554. The van der Waals surface area contributed by atoms with Crippen LogP contribution in [0.1, 0.15) is 53.4 Å². The lowest BCUT2D eigenvalue weighted by Gasteiger charge is -2.53. The molecule has 0 amide bonds. The lowest BCUT2D eigenvalue weighted by molar-refractivity contribution is 0.0348. The third-order valence-corrected chi connectivity index (χ3v) is 13.6. The highest BCUT2D eigenvalue weighted by Gasteiger charge is 2.56. The van der Waals surface area contributed by atoms with Crippen LogP contribution in [0.15, 0.2) is 0 Å². The highest BCUT2D eigenvalue weighted by Crippen LogP contribution is 2.41.